The molecule has 0 unspecified atom stereocenters. The normalized spacial score (nSPS) is 13.8. The summed E-state index contributed by atoms with van der Waals surface area (Å²) in [7, 11) is -3.17. The second-order valence-electron chi connectivity index (χ2n) is 27.2. The van der Waals surface area contributed by atoms with Gasteiger partial charge in [-0.15, -0.1) is 13.2 Å². The number of alkyl halides is 4. The summed E-state index contributed by atoms with van der Waals surface area (Å²) in [6, 6.07) is 9.88. The molecule has 0 bridgehead atoms. The first kappa shape index (κ1) is 80.7. The fraction of sp³-hybridized carbons (Fsp3) is 0.470. The van der Waals surface area contributed by atoms with Crippen molar-refractivity contribution in [3.05, 3.63) is 137 Å². The molecule has 1 fully saturated rings. The van der Waals surface area contributed by atoms with E-state index in [4.69, 9.17) is 44.9 Å². The third-order valence-corrected chi connectivity index (χ3v) is 21.2. The number of halogens is 6. The molecule has 20 nitrogen and oxygen atoms in total. The highest BCUT2D eigenvalue weighted by molar-refractivity contribution is 9.10. The summed E-state index contributed by atoms with van der Waals surface area (Å²) in [4.78, 5) is 52.3. The van der Waals surface area contributed by atoms with E-state index in [-0.39, 0.29) is 18.3 Å². The Morgan fingerprint density at radius 1 is 0.615 bits per heavy atom. The topological polar surface area (TPSA) is 227 Å². The minimum atomic E-state index is -4.64. The van der Waals surface area contributed by atoms with Gasteiger partial charge in [-0.1, -0.05) is 82.7 Å². The quantitative estimate of drug-likeness (QED) is 0.0163. The molecule has 0 N–H and O–H groups in total. The zero-order valence-electron chi connectivity index (χ0n) is 58.1. The molecule has 1 saturated heterocycles. The van der Waals surface area contributed by atoms with Crippen LogP contribution in [0.4, 0.5) is 13.2 Å². The summed E-state index contributed by atoms with van der Waals surface area (Å²) in [5.41, 5.74) is 9.93. The molecule has 0 amide bonds. The number of nitrogens with zero attached hydrogens (tertiary/aromatic N) is 14. The number of aliphatic imine (C=N–C) groups is 1. The van der Waals surface area contributed by atoms with Crippen molar-refractivity contribution >= 4 is 109 Å². The van der Waals surface area contributed by atoms with Gasteiger partial charge >= 0.3 is 13.3 Å². The summed E-state index contributed by atoms with van der Waals surface area (Å²) >= 11 is 12.4. The second kappa shape index (κ2) is 36.7. The van der Waals surface area contributed by atoms with Crippen molar-refractivity contribution in [2.45, 2.75) is 176 Å². The van der Waals surface area contributed by atoms with Crippen molar-refractivity contribution in [3.63, 3.8) is 0 Å². The Labute approximate surface area is 588 Å². The maximum Gasteiger partial charge on any atom is 0.461 e. The van der Waals surface area contributed by atoms with Gasteiger partial charge < -0.3 is 23.5 Å². The molecule has 0 aliphatic carbocycles. The first-order valence-electron chi connectivity index (χ1n) is 31.3. The summed E-state index contributed by atoms with van der Waals surface area (Å²) in [5.74, 6) is 2.25. The largest absolute Gasteiger partial charge is 0.461 e. The zero-order valence-corrected chi connectivity index (χ0v) is 65.0. The number of aromatic nitrogens is 13. The van der Waals surface area contributed by atoms with Gasteiger partial charge in [0.1, 0.15) is 51.7 Å². The fourth-order valence-electron chi connectivity index (χ4n) is 8.52. The molecule has 10 rings (SSSR count). The number of hydrogen-bond donors (Lipinski definition) is 0. The molecule has 2 aliphatic rings. The summed E-state index contributed by atoms with van der Waals surface area (Å²) in [5, 5.41) is 11.0. The molecule has 10 heterocycles. The standard InChI is InChI=1S/C20H27N5OSi.C17H22BrN5OSi.C12H9BrN4.C9H17BO2.C6H15ClOSi.C2HF3O/c1-6-7-18-20-16(10-19(24-18)17-11-21-15(2)22-12-17)13-23-25(20)14-26-8-9-27(3,4)5;1-12-19-8-14(9-20-12)15-7-13-10-21-23(16(13)17(18)22-15)11-24-5-6-25(2,3)4;1-7-15-4-9(5-16-7)11-2-8-3-14-6-10(8)12(13)17-11;1-6-7-10-11-8(2,3)9(4,5)12-10;1-9(2,3)5-4-8-6-7;3-2(4,5)1-6/h6,10-13H,1,7-9,14H2,2-5H3;7-10H,5-6,11H2,1-4H3;2-5H,6H2,1H3;6H,1,7H2,2-5H3;4-6H2,1-3H3;1H. The van der Waals surface area contributed by atoms with E-state index in [1.165, 1.54) is 6.04 Å². The number of hydrogen-bond acceptors (Lipinski definition) is 18. The molecule has 0 aromatic carbocycles. The van der Waals surface area contributed by atoms with Crippen LogP contribution in [0, 0.1) is 20.8 Å². The minimum Gasteiger partial charge on any atom is -0.403 e. The van der Waals surface area contributed by atoms with Crippen molar-refractivity contribution in [1.82, 2.24) is 64.4 Å². The van der Waals surface area contributed by atoms with Crippen LogP contribution in [0.1, 0.15) is 62.0 Å². The first-order chi connectivity index (χ1) is 45.0. The number of rotatable bonds is 21. The summed E-state index contributed by atoms with van der Waals surface area (Å²) < 4.78 is 64.7. The van der Waals surface area contributed by atoms with Crippen LogP contribution in [0.2, 0.25) is 83.4 Å². The molecule has 518 valence electrons. The summed E-state index contributed by atoms with van der Waals surface area (Å²) in [6.45, 7) is 46.3. The average molecular weight is 1520 g/mol. The van der Waals surface area contributed by atoms with Crippen LogP contribution in [0.5, 0.6) is 0 Å². The Hall–Kier alpha value is -5.99. The molecular formula is C66H91BBr2ClF3N14O6Si3. The van der Waals surface area contributed by atoms with Crippen LogP contribution in [-0.2, 0) is 54.7 Å². The maximum absolute atomic E-state index is 10.4. The van der Waals surface area contributed by atoms with Gasteiger partial charge in [-0.05, 0) is 117 Å². The van der Waals surface area contributed by atoms with E-state index in [2.05, 4.69) is 187 Å². The monoisotopic (exact) mass is 1520 g/mol. The van der Waals surface area contributed by atoms with Crippen LogP contribution in [0.15, 0.2) is 107 Å². The number of aldehydes is 1. The summed E-state index contributed by atoms with van der Waals surface area (Å²) in [6.07, 6.45) is 15.7. The van der Waals surface area contributed by atoms with Crippen LogP contribution < -0.4 is 0 Å². The second-order valence-corrected chi connectivity index (χ2v) is 45.8. The fourth-order valence-corrected chi connectivity index (χ4v) is 12.1. The van der Waals surface area contributed by atoms with E-state index in [1.807, 2.05) is 79.1 Å². The molecule has 0 radical (unpaired) electrons. The van der Waals surface area contributed by atoms with Crippen molar-refractivity contribution in [1.29, 1.82) is 0 Å². The molecule has 0 saturated carbocycles. The minimum absolute atomic E-state index is 0.118. The lowest BCUT2D eigenvalue weighted by Crippen LogP contribution is -2.41. The number of aryl methyl sites for hydroxylation is 3. The van der Waals surface area contributed by atoms with Crippen LogP contribution in [0.25, 0.3) is 55.6 Å². The van der Waals surface area contributed by atoms with E-state index in [9.17, 15) is 13.2 Å². The Morgan fingerprint density at radius 2 is 1.01 bits per heavy atom. The van der Waals surface area contributed by atoms with Gasteiger partial charge in [0.25, 0.3) is 0 Å². The van der Waals surface area contributed by atoms with Crippen LogP contribution >= 0.6 is 43.5 Å². The Balaban J connectivity index is 0.000000222. The SMILES string of the molecule is C=CCB1OC(C)(C)C(C)(C)O1.C=CCc1nc(-c2cnc(C)nc2)cc2cnn(COCC[Si](C)(C)C)c12.C[Si](C)(C)CCOCCl.Cc1ncc(-c2cc3c(c(Br)n2)CN=C3)cn1.Cc1ncc(-c2cc3cnn(COCC[Si](C)(C)C)c3c(Br)n2)cn1.O=CC(F)(F)F. The molecule has 30 heteroatoms. The lowest BCUT2D eigenvalue weighted by Gasteiger charge is -2.32. The Bertz CT molecular complexity index is 3820. The maximum atomic E-state index is 10.4. The molecular weight excluding hydrogens is 1430 g/mol. The number of fused-ring (bicyclic) bond motifs is 3. The number of allylic oxidation sites excluding steroid dienone is 2. The Kier molecular flexibility index (Phi) is 30.9. The smallest absolute Gasteiger partial charge is 0.403 e. The molecule has 96 heavy (non-hydrogen) atoms. The molecule has 0 spiro atoms. The number of carbonyl (C=O) groups is 1. The van der Waals surface area contributed by atoms with Gasteiger partial charge in [0.15, 0.2) is 0 Å². The predicted molar refractivity (Wildman–Crippen MR) is 393 cm³/mol. The molecule has 8 aromatic rings. The van der Waals surface area contributed by atoms with Crippen molar-refractivity contribution in [2.24, 2.45) is 4.99 Å². The van der Waals surface area contributed by atoms with Crippen molar-refractivity contribution in [3.8, 4) is 33.8 Å². The van der Waals surface area contributed by atoms with Crippen molar-refractivity contribution in [2.75, 3.05) is 25.9 Å². The molecule has 2 aliphatic heterocycles. The van der Waals surface area contributed by atoms with Gasteiger partial charge in [0.2, 0.25) is 6.29 Å². The number of carbonyl (C=O) groups excluding carboxylic acids is 1. The van der Waals surface area contributed by atoms with Crippen LogP contribution in [-0.4, -0.2) is 152 Å². The molecule has 8 aromatic heterocycles. The highest BCUT2D eigenvalue weighted by Crippen LogP contribution is 2.38. The lowest BCUT2D eigenvalue weighted by atomic mass is 9.85. The van der Waals surface area contributed by atoms with Gasteiger partial charge in [0, 0.05) is 139 Å². The van der Waals surface area contributed by atoms with Crippen molar-refractivity contribution < 1.29 is 41.5 Å². The zero-order chi connectivity index (χ0) is 71.2. The van der Waals surface area contributed by atoms with E-state index < -0.39 is 36.7 Å². The average Bonchev–Trinajstić information content (AvgIpc) is 1.50. The van der Waals surface area contributed by atoms with Gasteiger partial charge in [0.05, 0.1) is 58.4 Å². The lowest BCUT2D eigenvalue weighted by molar-refractivity contribution is -0.156. The molecule has 0 atom stereocenters. The van der Waals surface area contributed by atoms with E-state index in [1.54, 1.807) is 37.2 Å². The van der Waals surface area contributed by atoms with E-state index >= 15 is 0 Å². The van der Waals surface area contributed by atoms with Gasteiger partial charge in [-0.2, -0.15) is 23.4 Å². The number of ether oxygens (including phenoxy) is 3. The number of pyridine rings is 3. The highest BCUT2D eigenvalue weighted by Gasteiger charge is 2.50. The van der Waals surface area contributed by atoms with E-state index in [0.717, 1.165) is 137 Å². The highest BCUT2D eigenvalue weighted by atomic mass is 79.9. The predicted octanol–water partition coefficient (Wildman–Crippen LogP) is 16.6. The third kappa shape index (κ3) is 26.7. The Morgan fingerprint density at radius 3 is 1.42 bits per heavy atom. The van der Waals surface area contributed by atoms with Gasteiger partial charge in [-0.25, -0.2) is 49.2 Å². The third-order valence-electron chi connectivity index (χ3n) is 14.7. The van der Waals surface area contributed by atoms with Crippen LogP contribution in [0.3, 0.4) is 0 Å². The van der Waals surface area contributed by atoms with Gasteiger partial charge in [-0.3, -0.25) is 14.8 Å². The van der Waals surface area contributed by atoms with E-state index in [0.29, 0.717) is 32.5 Å². The first-order valence-corrected chi connectivity index (χ1v) is 44.5.